The van der Waals surface area contributed by atoms with Gasteiger partial charge in [0.1, 0.15) is 11.0 Å². The van der Waals surface area contributed by atoms with Gasteiger partial charge in [0.25, 0.3) is 0 Å². The van der Waals surface area contributed by atoms with Crippen LogP contribution in [0, 0.1) is 0 Å². The lowest BCUT2D eigenvalue weighted by atomic mass is 10.1. The Morgan fingerprint density at radius 1 is 1.03 bits per heavy atom. The Bertz CT molecular complexity index is 1690. The summed E-state index contributed by atoms with van der Waals surface area (Å²) in [6.45, 7) is 2.06. The normalized spacial score (nSPS) is 11.4. The first-order valence-electron chi connectivity index (χ1n) is 11.7. The number of hydrogen-bond acceptors (Lipinski definition) is 7. The van der Waals surface area contributed by atoms with Crippen LogP contribution in [0.2, 0.25) is 0 Å². The molecule has 178 valence electrons. The Morgan fingerprint density at radius 2 is 1.94 bits per heavy atom. The van der Waals surface area contributed by atoms with Gasteiger partial charge in [-0.1, -0.05) is 13.3 Å². The van der Waals surface area contributed by atoms with E-state index >= 15 is 0 Å². The van der Waals surface area contributed by atoms with E-state index in [1.807, 2.05) is 35.7 Å². The smallest absolute Gasteiger partial charge is 0.224 e. The molecule has 6 heterocycles. The van der Waals surface area contributed by atoms with Crippen LogP contribution in [0.3, 0.4) is 0 Å². The van der Waals surface area contributed by atoms with E-state index in [9.17, 15) is 4.79 Å². The highest BCUT2D eigenvalue weighted by Crippen LogP contribution is 2.31. The summed E-state index contributed by atoms with van der Waals surface area (Å²) in [4.78, 5) is 34.1. The number of aromatic nitrogens is 7. The molecular weight excluding hydrogens is 472 g/mol. The molecule has 0 atom stereocenters. The number of anilines is 1. The maximum absolute atomic E-state index is 12.2. The highest BCUT2D eigenvalue weighted by Gasteiger charge is 2.17. The van der Waals surface area contributed by atoms with Crippen molar-refractivity contribution in [3.05, 3.63) is 59.7 Å². The van der Waals surface area contributed by atoms with Gasteiger partial charge in [-0.05, 0) is 42.1 Å². The van der Waals surface area contributed by atoms with Crippen molar-refractivity contribution in [3.8, 4) is 34.0 Å². The average Bonchev–Trinajstić information content (AvgIpc) is 3.66. The number of aromatic amines is 2. The average molecular weight is 495 g/mol. The van der Waals surface area contributed by atoms with E-state index in [1.165, 1.54) is 0 Å². The van der Waals surface area contributed by atoms with Gasteiger partial charge >= 0.3 is 0 Å². The van der Waals surface area contributed by atoms with Gasteiger partial charge in [0.15, 0.2) is 11.5 Å². The molecule has 6 aromatic heterocycles. The molecule has 6 rings (SSSR count). The second-order valence-corrected chi connectivity index (χ2v) is 9.21. The summed E-state index contributed by atoms with van der Waals surface area (Å²) in [7, 11) is 0. The molecule has 0 aromatic carbocycles. The molecule has 36 heavy (non-hydrogen) atoms. The van der Waals surface area contributed by atoms with E-state index < -0.39 is 0 Å². The molecule has 0 saturated carbocycles. The van der Waals surface area contributed by atoms with Gasteiger partial charge in [-0.25, -0.2) is 9.97 Å². The lowest BCUT2D eigenvalue weighted by Gasteiger charge is -2.07. The van der Waals surface area contributed by atoms with Crippen LogP contribution >= 0.6 is 11.3 Å². The number of thiophene rings is 1. The summed E-state index contributed by atoms with van der Waals surface area (Å²) in [5, 5.41) is 14.6. The van der Waals surface area contributed by atoms with Gasteiger partial charge in [-0.15, -0.1) is 0 Å². The third kappa shape index (κ3) is 4.11. The first-order valence-corrected chi connectivity index (χ1v) is 12.6. The molecule has 0 bridgehead atoms. The minimum absolute atomic E-state index is 0.0162. The van der Waals surface area contributed by atoms with Crippen LogP contribution in [-0.4, -0.2) is 41.0 Å². The molecule has 0 saturated heterocycles. The second kappa shape index (κ2) is 9.31. The van der Waals surface area contributed by atoms with Crippen LogP contribution in [0.1, 0.15) is 26.2 Å². The monoisotopic (exact) mass is 494 g/mol. The fraction of sp³-hybridized carbons (Fsp3) is 0.154. The first-order chi connectivity index (χ1) is 17.7. The lowest BCUT2D eigenvalue weighted by molar-refractivity contribution is -0.116. The van der Waals surface area contributed by atoms with Gasteiger partial charge < -0.3 is 10.3 Å². The number of carbonyl (C=O) groups excluding carboxylic acids is 1. The number of H-pyrrole nitrogens is 2. The highest BCUT2D eigenvalue weighted by atomic mass is 32.1. The van der Waals surface area contributed by atoms with E-state index in [0.29, 0.717) is 29.1 Å². The standard InChI is InChI=1S/C26H22N8OS/c1-2-3-4-21(35)29-17-11-16(12-27-13-17)18-5-6-20-24(30-18)25(34-33-20)26-31-19-7-9-28-22(23(19)32-26)15-8-10-36-14-15/h5-14H,2-4H2,1H3,(H,29,35)(H,31,32)(H,33,34). The fourth-order valence-electron chi connectivity index (χ4n) is 4.09. The van der Waals surface area contributed by atoms with E-state index in [4.69, 9.17) is 9.97 Å². The number of carbonyl (C=O) groups is 1. The molecule has 0 unspecified atom stereocenters. The summed E-state index contributed by atoms with van der Waals surface area (Å²) in [6, 6.07) is 9.65. The fourth-order valence-corrected chi connectivity index (χ4v) is 4.73. The number of unbranched alkanes of at least 4 members (excludes halogenated alkanes) is 1. The summed E-state index contributed by atoms with van der Waals surface area (Å²) in [6.07, 6.45) is 7.47. The van der Waals surface area contributed by atoms with Crippen molar-refractivity contribution >= 4 is 45.0 Å². The number of nitrogens with zero attached hydrogens (tertiary/aromatic N) is 5. The van der Waals surface area contributed by atoms with Crippen molar-refractivity contribution in [1.29, 1.82) is 0 Å². The maximum atomic E-state index is 12.2. The summed E-state index contributed by atoms with van der Waals surface area (Å²) in [5.41, 5.74) is 7.79. The van der Waals surface area contributed by atoms with Crippen molar-refractivity contribution in [2.24, 2.45) is 0 Å². The van der Waals surface area contributed by atoms with Crippen LogP contribution in [-0.2, 0) is 4.79 Å². The van der Waals surface area contributed by atoms with E-state index in [2.05, 4.69) is 42.8 Å². The van der Waals surface area contributed by atoms with Crippen molar-refractivity contribution in [1.82, 2.24) is 35.1 Å². The molecule has 0 aliphatic carbocycles. The Balaban J connectivity index is 1.37. The Morgan fingerprint density at radius 3 is 2.81 bits per heavy atom. The van der Waals surface area contributed by atoms with Crippen molar-refractivity contribution in [2.45, 2.75) is 26.2 Å². The number of rotatable bonds is 7. The predicted octanol–water partition coefficient (Wildman–Crippen LogP) is 5.82. The lowest BCUT2D eigenvalue weighted by Crippen LogP contribution is -2.11. The van der Waals surface area contributed by atoms with Gasteiger partial charge in [-0.2, -0.15) is 16.4 Å². The van der Waals surface area contributed by atoms with Gasteiger partial charge in [0, 0.05) is 35.3 Å². The van der Waals surface area contributed by atoms with E-state index in [1.54, 1.807) is 29.9 Å². The summed E-state index contributed by atoms with van der Waals surface area (Å²) in [5.74, 6) is 0.595. The molecule has 0 aliphatic heterocycles. The molecule has 0 aliphatic rings. The van der Waals surface area contributed by atoms with E-state index in [0.717, 1.165) is 51.9 Å². The highest BCUT2D eigenvalue weighted by molar-refractivity contribution is 7.08. The van der Waals surface area contributed by atoms with Crippen LogP contribution in [0.4, 0.5) is 5.69 Å². The molecule has 6 aromatic rings. The molecule has 0 radical (unpaired) electrons. The predicted molar refractivity (Wildman–Crippen MR) is 141 cm³/mol. The minimum Gasteiger partial charge on any atom is -0.336 e. The molecule has 0 fully saturated rings. The third-order valence-electron chi connectivity index (χ3n) is 5.90. The number of fused-ring (bicyclic) bond motifs is 2. The minimum atomic E-state index is -0.0162. The van der Waals surface area contributed by atoms with Gasteiger partial charge in [0.2, 0.25) is 5.91 Å². The Kier molecular flexibility index (Phi) is 5.70. The van der Waals surface area contributed by atoms with Crippen molar-refractivity contribution in [3.63, 3.8) is 0 Å². The molecule has 3 N–H and O–H groups in total. The van der Waals surface area contributed by atoms with Gasteiger partial charge in [0.05, 0.1) is 34.3 Å². The molecule has 9 nitrogen and oxygen atoms in total. The number of hydrogen-bond donors (Lipinski definition) is 3. The zero-order valence-electron chi connectivity index (χ0n) is 19.4. The molecular formula is C26H22N8OS. The third-order valence-corrected chi connectivity index (χ3v) is 6.59. The summed E-state index contributed by atoms with van der Waals surface area (Å²) >= 11 is 1.62. The molecule has 0 spiro atoms. The van der Waals surface area contributed by atoms with Crippen LogP contribution < -0.4 is 5.32 Å². The van der Waals surface area contributed by atoms with Crippen LogP contribution in [0.5, 0.6) is 0 Å². The largest absolute Gasteiger partial charge is 0.336 e. The zero-order chi connectivity index (χ0) is 24.5. The first kappa shape index (κ1) is 22.1. The quantitative estimate of drug-likeness (QED) is 0.257. The number of pyridine rings is 3. The SMILES string of the molecule is CCCCC(=O)Nc1cncc(-c2ccc3[nH]nc(-c4nc5c(-c6ccsc6)nccc5[nH]4)c3n2)c1. The van der Waals surface area contributed by atoms with Crippen molar-refractivity contribution in [2.75, 3.05) is 5.32 Å². The second-order valence-electron chi connectivity index (χ2n) is 8.43. The molecule has 10 heteroatoms. The summed E-state index contributed by atoms with van der Waals surface area (Å²) < 4.78 is 0. The van der Waals surface area contributed by atoms with E-state index in [-0.39, 0.29) is 5.91 Å². The zero-order valence-corrected chi connectivity index (χ0v) is 20.3. The van der Waals surface area contributed by atoms with Crippen molar-refractivity contribution < 1.29 is 4.79 Å². The van der Waals surface area contributed by atoms with Crippen LogP contribution in [0.15, 0.2) is 59.7 Å². The Hall–Kier alpha value is -4.44. The van der Waals surface area contributed by atoms with Crippen LogP contribution in [0.25, 0.3) is 56.1 Å². The topological polar surface area (TPSA) is 125 Å². The number of amides is 1. The Labute approximate surface area is 210 Å². The number of imidazole rings is 1. The maximum Gasteiger partial charge on any atom is 0.224 e. The number of nitrogens with one attached hydrogen (secondary N) is 3. The molecule has 1 amide bonds. The van der Waals surface area contributed by atoms with Gasteiger partial charge in [-0.3, -0.25) is 19.9 Å².